The van der Waals surface area contributed by atoms with Crippen molar-refractivity contribution in [1.29, 1.82) is 0 Å². The van der Waals surface area contributed by atoms with Gasteiger partial charge in [0, 0.05) is 31.0 Å². The Morgan fingerprint density at radius 3 is 2.82 bits per heavy atom. The Morgan fingerprint density at radius 1 is 1.27 bits per heavy atom. The second-order valence-corrected chi connectivity index (χ2v) is 6.46. The molecule has 1 aliphatic rings. The molecule has 22 heavy (non-hydrogen) atoms. The Hall–Kier alpha value is -1.88. The van der Waals surface area contributed by atoms with Crippen LogP contribution in [0.15, 0.2) is 24.3 Å². The van der Waals surface area contributed by atoms with Gasteiger partial charge in [-0.3, -0.25) is 0 Å². The molecule has 0 saturated heterocycles. The summed E-state index contributed by atoms with van der Waals surface area (Å²) in [6.45, 7) is 7.37. The molecule has 2 heterocycles. The van der Waals surface area contributed by atoms with Crippen LogP contribution in [0.25, 0.3) is 0 Å². The van der Waals surface area contributed by atoms with E-state index in [2.05, 4.69) is 40.9 Å². The third kappa shape index (κ3) is 2.99. The van der Waals surface area contributed by atoms with Gasteiger partial charge in [0.05, 0.1) is 0 Å². The van der Waals surface area contributed by atoms with Crippen LogP contribution in [0.2, 0.25) is 0 Å². The lowest BCUT2D eigenvalue weighted by molar-refractivity contribution is 0.345. The zero-order chi connectivity index (χ0) is 15.7. The lowest BCUT2D eigenvalue weighted by atomic mass is 10.0. The van der Waals surface area contributed by atoms with E-state index in [1.165, 1.54) is 0 Å². The van der Waals surface area contributed by atoms with Gasteiger partial charge < -0.3 is 15.0 Å². The maximum Gasteiger partial charge on any atom is 0.135 e. The van der Waals surface area contributed by atoms with E-state index in [9.17, 15) is 5.11 Å². The molecule has 1 aromatic carbocycles. The van der Waals surface area contributed by atoms with Crippen molar-refractivity contribution in [1.82, 2.24) is 20.1 Å². The second kappa shape index (κ2) is 6.08. The van der Waals surface area contributed by atoms with Crippen molar-refractivity contribution < 1.29 is 5.11 Å². The van der Waals surface area contributed by atoms with E-state index in [1.807, 2.05) is 18.2 Å². The Kier molecular flexibility index (Phi) is 4.16. The van der Waals surface area contributed by atoms with Crippen molar-refractivity contribution in [3.8, 4) is 5.75 Å². The number of benzene rings is 1. The van der Waals surface area contributed by atoms with E-state index in [4.69, 9.17) is 0 Å². The molecule has 0 saturated carbocycles. The van der Waals surface area contributed by atoms with Crippen LogP contribution in [0.1, 0.15) is 56.4 Å². The minimum atomic E-state index is 0.206. The summed E-state index contributed by atoms with van der Waals surface area (Å²) in [6, 6.07) is 8.07. The number of phenolic OH excluding ortho intramolecular Hbond substituents is 1. The molecule has 0 radical (unpaired) electrons. The fourth-order valence-electron chi connectivity index (χ4n) is 3.16. The van der Waals surface area contributed by atoms with Crippen LogP contribution >= 0.6 is 0 Å². The van der Waals surface area contributed by atoms with Gasteiger partial charge in [-0.25, -0.2) is 0 Å². The number of aromatic hydroxyl groups is 1. The zero-order valence-corrected chi connectivity index (χ0v) is 13.5. The topological polar surface area (TPSA) is 63.0 Å². The van der Waals surface area contributed by atoms with Crippen molar-refractivity contribution in [3.63, 3.8) is 0 Å². The Balaban J connectivity index is 1.71. The smallest absolute Gasteiger partial charge is 0.135 e. The van der Waals surface area contributed by atoms with Crippen molar-refractivity contribution >= 4 is 0 Å². The van der Waals surface area contributed by atoms with E-state index >= 15 is 0 Å². The van der Waals surface area contributed by atoms with E-state index < -0.39 is 0 Å². The molecule has 0 fully saturated rings. The average Bonchev–Trinajstić information content (AvgIpc) is 2.90. The van der Waals surface area contributed by atoms with Gasteiger partial charge >= 0.3 is 0 Å². The molecule has 0 amide bonds. The van der Waals surface area contributed by atoms with E-state index in [-0.39, 0.29) is 6.04 Å². The molecule has 0 spiro atoms. The molecule has 1 aliphatic heterocycles. The maximum absolute atomic E-state index is 9.62. The number of hydrogen-bond donors (Lipinski definition) is 2. The molecule has 2 N–H and O–H groups in total. The van der Waals surface area contributed by atoms with Gasteiger partial charge in [0.25, 0.3) is 0 Å². The van der Waals surface area contributed by atoms with Crippen LogP contribution < -0.4 is 5.32 Å². The van der Waals surface area contributed by atoms with Crippen LogP contribution in [-0.4, -0.2) is 25.9 Å². The van der Waals surface area contributed by atoms with Gasteiger partial charge in [0.1, 0.15) is 17.4 Å². The highest BCUT2D eigenvalue weighted by Crippen LogP contribution is 2.23. The molecule has 5 nitrogen and oxygen atoms in total. The van der Waals surface area contributed by atoms with Crippen LogP contribution in [0.4, 0.5) is 0 Å². The molecule has 118 valence electrons. The highest BCUT2D eigenvalue weighted by Gasteiger charge is 2.25. The van der Waals surface area contributed by atoms with Gasteiger partial charge in [-0.2, -0.15) is 0 Å². The fourth-order valence-corrected chi connectivity index (χ4v) is 3.16. The van der Waals surface area contributed by atoms with Crippen LogP contribution in [0.5, 0.6) is 5.75 Å². The number of rotatable bonds is 4. The number of aromatic nitrogens is 3. The van der Waals surface area contributed by atoms with Gasteiger partial charge in [-0.1, -0.05) is 26.0 Å². The van der Waals surface area contributed by atoms with Crippen LogP contribution in [0, 0.1) is 0 Å². The third-order valence-corrected chi connectivity index (χ3v) is 4.35. The number of nitrogens with zero attached hydrogens (tertiary/aromatic N) is 3. The molecule has 2 aromatic rings. The Morgan fingerprint density at radius 2 is 2.09 bits per heavy atom. The van der Waals surface area contributed by atoms with Crippen LogP contribution in [-0.2, 0) is 13.0 Å². The Labute approximate surface area is 131 Å². The number of hydrogen-bond acceptors (Lipinski definition) is 4. The number of nitrogens with one attached hydrogen (secondary N) is 1. The second-order valence-electron chi connectivity index (χ2n) is 6.46. The summed E-state index contributed by atoms with van der Waals surface area (Å²) < 4.78 is 2.26. The highest BCUT2D eigenvalue weighted by atomic mass is 16.3. The summed E-state index contributed by atoms with van der Waals surface area (Å²) >= 11 is 0. The summed E-state index contributed by atoms with van der Waals surface area (Å²) in [6.07, 6.45) is 2.03. The molecule has 0 bridgehead atoms. The molecule has 0 aliphatic carbocycles. The molecular formula is C17H24N4O. The molecule has 3 rings (SSSR count). The molecular weight excluding hydrogens is 276 g/mol. The van der Waals surface area contributed by atoms with Gasteiger partial charge in [-0.15, -0.1) is 10.2 Å². The van der Waals surface area contributed by atoms with Crippen molar-refractivity contribution in [2.45, 2.75) is 58.2 Å². The lowest BCUT2D eigenvalue weighted by Gasteiger charge is -2.29. The minimum absolute atomic E-state index is 0.206. The van der Waals surface area contributed by atoms with Crippen molar-refractivity contribution in [2.24, 2.45) is 0 Å². The first kappa shape index (κ1) is 15.0. The Bertz CT molecular complexity index is 650. The first-order valence-electron chi connectivity index (χ1n) is 8.01. The molecule has 5 heteroatoms. The predicted octanol–water partition coefficient (Wildman–Crippen LogP) is 2.77. The monoisotopic (exact) mass is 300 g/mol. The molecule has 2 atom stereocenters. The minimum Gasteiger partial charge on any atom is -0.508 e. The summed E-state index contributed by atoms with van der Waals surface area (Å²) in [5.41, 5.74) is 1.11. The molecule has 0 unspecified atom stereocenters. The number of aryl methyl sites for hydroxylation is 1. The first-order chi connectivity index (χ1) is 10.5. The quantitative estimate of drug-likeness (QED) is 0.911. The SMILES string of the molecule is CC(C)c1nnc2n1C[C@@H](N[C@H](C)c1cccc(O)c1)CC2. The highest BCUT2D eigenvalue weighted by molar-refractivity contribution is 5.29. The lowest BCUT2D eigenvalue weighted by Crippen LogP contribution is -2.39. The normalized spacial score (nSPS) is 19.2. The van der Waals surface area contributed by atoms with E-state index in [1.54, 1.807) is 6.07 Å². The largest absolute Gasteiger partial charge is 0.508 e. The maximum atomic E-state index is 9.62. The first-order valence-corrected chi connectivity index (χ1v) is 8.01. The summed E-state index contributed by atoms with van der Waals surface area (Å²) in [5.74, 6) is 2.89. The predicted molar refractivity (Wildman–Crippen MR) is 85.9 cm³/mol. The summed E-state index contributed by atoms with van der Waals surface area (Å²) in [7, 11) is 0. The average molecular weight is 300 g/mol. The van der Waals surface area contributed by atoms with Gasteiger partial charge in [0.2, 0.25) is 0 Å². The summed E-state index contributed by atoms with van der Waals surface area (Å²) in [5, 5.41) is 21.9. The third-order valence-electron chi connectivity index (χ3n) is 4.35. The van der Waals surface area contributed by atoms with Crippen LogP contribution in [0.3, 0.4) is 0 Å². The fraction of sp³-hybridized carbons (Fsp3) is 0.529. The van der Waals surface area contributed by atoms with Crippen molar-refractivity contribution in [3.05, 3.63) is 41.5 Å². The number of phenols is 1. The zero-order valence-electron chi connectivity index (χ0n) is 13.5. The summed E-state index contributed by atoms with van der Waals surface area (Å²) in [4.78, 5) is 0. The number of fused-ring (bicyclic) bond motifs is 1. The van der Waals surface area contributed by atoms with Gasteiger partial charge in [-0.05, 0) is 31.0 Å². The van der Waals surface area contributed by atoms with E-state index in [0.717, 1.165) is 36.6 Å². The standard InChI is InChI=1S/C17H24N4O/c1-11(2)17-20-19-16-8-7-14(10-21(16)17)18-12(3)13-5-4-6-15(22)9-13/h4-6,9,11-12,14,18,22H,7-8,10H2,1-3H3/t12-,14+/m1/s1. The van der Waals surface area contributed by atoms with Gasteiger partial charge in [0.15, 0.2) is 0 Å². The molecule has 1 aromatic heterocycles. The van der Waals surface area contributed by atoms with Crippen molar-refractivity contribution in [2.75, 3.05) is 0 Å². The van der Waals surface area contributed by atoms with E-state index in [0.29, 0.717) is 17.7 Å².